The third-order valence-electron chi connectivity index (χ3n) is 3.92. The third-order valence-corrected chi connectivity index (χ3v) is 5.53. The fourth-order valence-corrected chi connectivity index (χ4v) is 4.20. The van der Waals surface area contributed by atoms with Gasteiger partial charge in [0.2, 0.25) is 15.9 Å². The molecule has 0 aromatic heterocycles. The number of sulfonamides is 1. The molecule has 1 aliphatic heterocycles. The molecule has 2 rings (SSSR count). The summed E-state index contributed by atoms with van der Waals surface area (Å²) in [7, 11) is -3.65. The van der Waals surface area contributed by atoms with Gasteiger partial charge in [-0.15, -0.1) is 0 Å². The molecule has 0 aliphatic carbocycles. The average Bonchev–Trinajstić information content (AvgIpc) is 2.55. The Balaban J connectivity index is 2.08. The lowest BCUT2D eigenvalue weighted by molar-refractivity contribution is -0.137. The summed E-state index contributed by atoms with van der Waals surface area (Å²) in [5.41, 5.74) is 0.624. The van der Waals surface area contributed by atoms with Crippen LogP contribution in [0.4, 0.5) is 0 Å². The van der Waals surface area contributed by atoms with Gasteiger partial charge < -0.3 is 9.64 Å². The number of nitrogens with zero attached hydrogens (tertiary/aromatic N) is 1. The molecule has 1 fully saturated rings. The van der Waals surface area contributed by atoms with Crippen LogP contribution in [-0.4, -0.2) is 51.6 Å². The topological polar surface area (TPSA) is 75.7 Å². The number of amides is 1. The van der Waals surface area contributed by atoms with Gasteiger partial charge in [-0.3, -0.25) is 4.79 Å². The van der Waals surface area contributed by atoms with Gasteiger partial charge in [0.15, 0.2) is 0 Å². The molecule has 6 nitrogen and oxygen atoms in total. The number of nitrogens with one attached hydrogen (secondary N) is 1. The molecule has 25 heavy (non-hydrogen) atoms. The first kappa shape index (κ1) is 20.2. The highest BCUT2D eigenvalue weighted by Crippen LogP contribution is 2.14. The van der Waals surface area contributed by atoms with Crippen molar-refractivity contribution in [2.45, 2.75) is 32.1 Å². The maximum absolute atomic E-state index is 12.7. The van der Waals surface area contributed by atoms with E-state index in [1.54, 1.807) is 29.2 Å². The van der Waals surface area contributed by atoms with Crippen LogP contribution in [-0.2, 0) is 25.3 Å². The first-order valence-electron chi connectivity index (χ1n) is 8.38. The highest BCUT2D eigenvalue weighted by Gasteiger charge is 2.30. The van der Waals surface area contributed by atoms with Crippen LogP contribution < -0.4 is 4.72 Å². The predicted molar refractivity (Wildman–Crippen MR) is 97.9 cm³/mol. The Morgan fingerprint density at radius 2 is 1.84 bits per heavy atom. The van der Waals surface area contributed by atoms with Crippen LogP contribution in [0.3, 0.4) is 0 Å². The van der Waals surface area contributed by atoms with Crippen molar-refractivity contribution >= 4 is 27.5 Å². The van der Waals surface area contributed by atoms with Crippen molar-refractivity contribution in [3.63, 3.8) is 0 Å². The van der Waals surface area contributed by atoms with E-state index in [1.807, 2.05) is 13.8 Å². The van der Waals surface area contributed by atoms with Crippen molar-refractivity contribution in [3.8, 4) is 0 Å². The SMILES string of the molecule is CC(C)C[C@H](NS(=O)(=O)Cc1ccc(Cl)cc1)C(=O)N1CCOCC1. The van der Waals surface area contributed by atoms with E-state index in [1.165, 1.54) is 0 Å². The molecule has 0 spiro atoms. The number of morpholine rings is 1. The Kier molecular flexibility index (Phi) is 7.25. The first-order chi connectivity index (χ1) is 11.8. The Labute approximate surface area is 154 Å². The molecule has 1 heterocycles. The Morgan fingerprint density at radius 1 is 1.24 bits per heavy atom. The van der Waals surface area contributed by atoms with E-state index in [9.17, 15) is 13.2 Å². The number of rotatable bonds is 7. The fraction of sp³-hybridized carbons (Fsp3) is 0.588. The molecular formula is C17H25ClN2O4S. The molecule has 1 aliphatic rings. The van der Waals surface area contributed by atoms with Crippen molar-refractivity contribution in [2.24, 2.45) is 5.92 Å². The van der Waals surface area contributed by atoms with Crippen LogP contribution in [0.15, 0.2) is 24.3 Å². The van der Waals surface area contributed by atoms with Gasteiger partial charge >= 0.3 is 0 Å². The minimum Gasteiger partial charge on any atom is -0.378 e. The number of carbonyl (C=O) groups is 1. The van der Waals surface area contributed by atoms with Crippen molar-refractivity contribution in [1.29, 1.82) is 0 Å². The van der Waals surface area contributed by atoms with E-state index in [0.717, 1.165) is 0 Å². The highest BCUT2D eigenvalue weighted by molar-refractivity contribution is 7.88. The van der Waals surface area contributed by atoms with Gasteiger partial charge in [0.25, 0.3) is 0 Å². The van der Waals surface area contributed by atoms with Crippen LogP contribution in [0.2, 0.25) is 5.02 Å². The second-order valence-electron chi connectivity index (χ2n) is 6.62. The number of halogens is 1. The van der Waals surface area contributed by atoms with E-state index in [4.69, 9.17) is 16.3 Å². The molecule has 1 N–H and O–H groups in total. The molecule has 1 atom stereocenters. The summed E-state index contributed by atoms with van der Waals surface area (Å²) >= 11 is 5.83. The molecule has 1 amide bonds. The van der Waals surface area contributed by atoms with Crippen LogP contribution in [0, 0.1) is 5.92 Å². The summed E-state index contributed by atoms with van der Waals surface area (Å²) in [5, 5.41) is 0.550. The van der Waals surface area contributed by atoms with Gasteiger partial charge in [0, 0.05) is 18.1 Å². The average molecular weight is 389 g/mol. The first-order valence-corrected chi connectivity index (χ1v) is 10.4. The van der Waals surface area contributed by atoms with E-state index < -0.39 is 16.1 Å². The van der Waals surface area contributed by atoms with E-state index in [2.05, 4.69) is 4.72 Å². The highest BCUT2D eigenvalue weighted by atomic mass is 35.5. The summed E-state index contributed by atoms with van der Waals surface area (Å²) in [4.78, 5) is 14.4. The largest absolute Gasteiger partial charge is 0.378 e. The predicted octanol–water partition coefficient (Wildman–Crippen LogP) is 2.03. The number of carbonyl (C=O) groups excluding carboxylic acids is 1. The normalized spacial score (nSPS) is 16.9. The summed E-state index contributed by atoms with van der Waals surface area (Å²) in [6, 6.07) is 5.88. The number of hydrogen-bond acceptors (Lipinski definition) is 4. The molecule has 0 unspecified atom stereocenters. The van der Waals surface area contributed by atoms with Crippen molar-refractivity contribution in [2.75, 3.05) is 26.3 Å². The van der Waals surface area contributed by atoms with Crippen LogP contribution >= 0.6 is 11.6 Å². The van der Waals surface area contributed by atoms with Crippen LogP contribution in [0.25, 0.3) is 0 Å². The molecule has 1 aromatic carbocycles. The maximum atomic E-state index is 12.7. The Hall–Kier alpha value is -1.15. The Bertz CT molecular complexity index is 670. The van der Waals surface area contributed by atoms with Gasteiger partial charge in [0.1, 0.15) is 6.04 Å². The van der Waals surface area contributed by atoms with Crippen molar-refractivity contribution in [3.05, 3.63) is 34.9 Å². The molecule has 1 saturated heterocycles. The van der Waals surface area contributed by atoms with Gasteiger partial charge in [-0.05, 0) is 30.0 Å². The quantitative estimate of drug-likeness (QED) is 0.775. The zero-order valence-corrected chi connectivity index (χ0v) is 16.1. The van der Waals surface area contributed by atoms with E-state index >= 15 is 0 Å². The standard InChI is InChI=1S/C17H25ClN2O4S/c1-13(2)11-16(17(21)20-7-9-24-10-8-20)19-25(22,23)12-14-3-5-15(18)6-4-14/h3-6,13,16,19H,7-12H2,1-2H3/t16-/m0/s1. The van der Waals surface area contributed by atoms with Crippen LogP contribution in [0.5, 0.6) is 0 Å². The summed E-state index contributed by atoms with van der Waals surface area (Å²) in [6.07, 6.45) is 0.454. The van der Waals surface area contributed by atoms with E-state index in [-0.39, 0.29) is 17.6 Å². The third kappa shape index (κ3) is 6.58. The number of ether oxygens (including phenoxy) is 1. The van der Waals surface area contributed by atoms with Gasteiger partial charge in [-0.1, -0.05) is 37.6 Å². The van der Waals surface area contributed by atoms with Crippen molar-refractivity contribution in [1.82, 2.24) is 9.62 Å². The number of benzene rings is 1. The smallest absolute Gasteiger partial charge is 0.240 e. The minimum atomic E-state index is -3.65. The monoisotopic (exact) mass is 388 g/mol. The molecule has 8 heteroatoms. The molecule has 0 bridgehead atoms. The molecule has 140 valence electrons. The lowest BCUT2D eigenvalue weighted by Crippen LogP contribution is -2.52. The second-order valence-corrected chi connectivity index (χ2v) is 8.81. The van der Waals surface area contributed by atoms with Crippen molar-refractivity contribution < 1.29 is 17.9 Å². The van der Waals surface area contributed by atoms with Crippen LogP contribution in [0.1, 0.15) is 25.8 Å². The molecular weight excluding hydrogens is 364 g/mol. The Morgan fingerprint density at radius 3 is 2.40 bits per heavy atom. The molecule has 0 saturated carbocycles. The summed E-state index contributed by atoms with van der Waals surface area (Å²) in [6.45, 7) is 5.88. The lowest BCUT2D eigenvalue weighted by Gasteiger charge is -2.31. The summed E-state index contributed by atoms with van der Waals surface area (Å²) in [5.74, 6) is -0.181. The molecule has 1 aromatic rings. The maximum Gasteiger partial charge on any atom is 0.240 e. The summed E-state index contributed by atoms with van der Waals surface area (Å²) < 4.78 is 32.9. The molecule has 0 radical (unpaired) electrons. The minimum absolute atomic E-state index is 0.184. The lowest BCUT2D eigenvalue weighted by atomic mass is 10.0. The fourth-order valence-electron chi connectivity index (χ4n) is 2.73. The van der Waals surface area contributed by atoms with E-state index in [0.29, 0.717) is 43.3 Å². The van der Waals surface area contributed by atoms with Gasteiger partial charge in [-0.25, -0.2) is 13.1 Å². The van der Waals surface area contributed by atoms with Gasteiger partial charge in [-0.2, -0.15) is 0 Å². The number of hydrogen-bond donors (Lipinski definition) is 1. The zero-order valence-electron chi connectivity index (χ0n) is 14.6. The zero-order chi connectivity index (χ0) is 18.4. The van der Waals surface area contributed by atoms with Gasteiger partial charge in [0.05, 0.1) is 19.0 Å². The second kappa shape index (κ2) is 8.98.